The van der Waals surface area contributed by atoms with E-state index in [4.69, 9.17) is 9.47 Å². The molecule has 1 fully saturated rings. The van der Waals surface area contributed by atoms with Crippen molar-refractivity contribution < 1.29 is 19.1 Å². The lowest BCUT2D eigenvalue weighted by Crippen LogP contribution is -2.46. The van der Waals surface area contributed by atoms with E-state index in [1.165, 1.54) is 14.2 Å². The molecule has 0 unspecified atom stereocenters. The summed E-state index contributed by atoms with van der Waals surface area (Å²) in [5.74, 6) is 0.150. The van der Waals surface area contributed by atoms with E-state index in [9.17, 15) is 9.59 Å². The zero-order valence-corrected chi connectivity index (χ0v) is 12.9. The van der Waals surface area contributed by atoms with Gasteiger partial charge in [0.05, 0.1) is 14.2 Å². The number of hydrogen-bond acceptors (Lipinski definition) is 5. The van der Waals surface area contributed by atoms with Crippen molar-refractivity contribution in [2.24, 2.45) is 11.3 Å². The molecule has 1 rings (SSSR count). The first-order chi connectivity index (χ1) is 9.13. The van der Waals surface area contributed by atoms with Gasteiger partial charge in [-0.2, -0.15) is 11.8 Å². The number of esters is 2. The first-order valence-corrected chi connectivity index (χ1v) is 8.18. The van der Waals surface area contributed by atoms with Crippen molar-refractivity contribution in [3.63, 3.8) is 0 Å². The summed E-state index contributed by atoms with van der Waals surface area (Å²) in [6.07, 6.45) is 7.33. The fourth-order valence-electron chi connectivity index (χ4n) is 3.10. The van der Waals surface area contributed by atoms with E-state index in [-0.39, 0.29) is 5.92 Å². The van der Waals surface area contributed by atoms with Crippen LogP contribution >= 0.6 is 11.8 Å². The predicted molar refractivity (Wildman–Crippen MR) is 76.0 cm³/mol. The van der Waals surface area contributed by atoms with Gasteiger partial charge in [-0.05, 0) is 43.6 Å². The smallest absolute Gasteiger partial charge is 0.323 e. The second kappa shape index (κ2) is 7.78. The molecule has 19 heavy (non-hydrogen) atoms. The topological polar surface area (TPSA) is 52.6 Å². The molecule has 0 aromatic rings. The second-order valence-electron chi connectivity index (χ2n) is 5.03. The molecule has 0 heterocycles. The molecule has 1 aliphatic rings. The summed E-state index contributed by atoms with van der Waals surface area (Å²) in [4.78, 5) is 24.6. The molecule has 0 saturated heterocycles. The Morgan fingerprint density at radius 1 is 1.16 bits per heavy atom. The van der Waals surface area contributed by atoms with Gasteiger partial charge in [-0.15, -0.1) is 0 Å². The first-order valence-electron chi connectivity index (χ1n) is 6.79. The molecular formula is C14H24O4S. The molecule has 0 radical (unpaired) electrons. The largest absolute Gasteiger partial charge is 0.468 e. The lowest BCUT2D eigenvalue weighted by molar-refractivity contribution is -0.174. The van der Waals surface area contributed by atoms with Crippen LogP contribution in [0.3, 0.4) is 0 Å². The van der Waals surface area contributed by atoms with Gasteiger partial charge in [0, 0.05) is 0 Å². The highest BCUT2D eigenvalue weighted by Gasteiger charge is 2.54. The molecular weight excluding hydrogens is 264 g/mol. The Morgan fingerprint density at radius 2 is 1.68 bits per heavy atom. The number of rotatable bonds is 7. The van der Waals surface area contributed by atoms with Crippen LogP contribution in [0.1, 0.15) is 38.5 Å². The van der Waals surface area contributed by atoms with E-state index in [0.717, 1.165) is 37.9 Å². The van der Waals surface area contributed by atoms with Gasteiger partial charge in [-0.25, -0.2) is 0 Å². The molecule has 0 aromatic carbocycles. The third kappa shape index (κ3) is 3.44. The molecule has 0 atom stereocenters. The fourth-order valence-corrected chi connectivity index (χ4v) is 3.54. The van der Waals surface area contributed by atoms with E-state index >= 15 is 0 Å². The van der Waals surface area contributed by atoms with Crippen LogP contribution in [0.15, 0.2) is 0 Å². The van der Waals surface area contributed by atoms with Crippen LogP contribution in [0.2, 0.25) is 0 Å². The average Bonchev–Trinajstić information content (AvgIpc) is 2.96. The zero-order valence-electron chi connectivity index (χ0n) is 12.1. The number of ether oxygens (including phenoxy) is 2. The van der Waals surface area contributed by atoms with Gasteiger partial charge in [0.15, 0.2) is 5.41 Å². The van der Waals surface area contributed by atoms with E-state index < -0.39 is 17.4 Å². The lowest BCUT2D eigenvalue weighted by atomic mass is 9.71. The summed E-state index contributed by atoms with van der Waals surface area (Å²) in [5, 5.41) is 0. The number of carbonyl (C=O) groups excluding carboxylic acids is 2. The van der Waals surface area contributed by atoms with Gasteiger partial charge in [0.1, 0.15) is 0 Å². The summed E-state index contributed by atoms with van der Waals surface area (Å²) in [6.45, 7) is 0. The molecule has 5 heteroatoms. The zero-order chi connectivity index (χ0) is 14.3. The van der Waals surface area contributed by atoms with Gasteiger partial charge in [-0.3, -0.25) is 9.59 Å². The molecule has 0 aliphatic heterocycles. The maximum atomic E-state index is 12.3. The van der Waals surface area contributed by atoms with Gasteiger partial charge in [0.2, 0.25) is 0 Å². The number of hydrogen-bond donors (Lipinski definition) is 0. The first kappa shape index (κ1) is 16.3. The minimum absolute atomic E-state index is 0.0641. The summed E-state index contributed by atoms with van der Waals surface area (Å²) in [5.41, 5.74) is -1.09. The van der Waals surface area contributed by atoms with Crippen LogP contribution in [0.4, 0.5) is 0 Å². The van der Waals surface area contributed by atoms with Gasteiger partial charge in [-0.1, -0.05) is 12.8 Å². The minimum Gasteiger partial charge on any atom is -0.468 e. The quantitative estimate of drug-likeness (QED) is 0.409. The molecule has 0 aromatic heterocycles. The van der Waals surface area contributed by atoms with Crippen LogP contribution in [-0.2, 0) is 19.1 Å². The normalized spacial score (nSPS) is 16.4. The third-order valence-corrected chi connectivity index (χ3v) is 4.77. The van der Waals surface area contributed by atoms with E-state index in [2.05, 4.69) is 0 Å². The monoisotopic (exact) mass is 288 g/mol. The maximum Gasteiger partial charge on any atom is 0.323 e. The molecule has 1 saturated carbocycles. The average molecular weight is 288 g/mol. The SMILES string of the molecule is COC(=O)C(CCCSC)(C(=O)OC)C1CCCC1. The molecule has 0 bridgehead atoms. The van der Waals surface area contributed by atoms with Crippen molar-refractivity contribution in [2.75, 3.05) is 26.2 Å². The van der Waals surface area contributed by atoms with Gasteiger partial charge >= 0.3 is 11.9 Å². The number of methoxy groups -OCH3 is 2. The van der Waals surface area contributed by atoms with E-state index in [1.807, 2.05) is 6.26 Å². The Hall–Kier alpha value is -0.710. The predicted octanol–water partition coefficient (Wildman–Crippen LogP) is 2.65. The Bertz CT molecular complexity index is 295. The van der Waals surface area contributed by atoms with Crippen molar-refractivity contribution in [3.8, 4) is 0 Å². The van der Waals surface area contributed by atoms with Crippen LogP contribution in [0, 0.1) is 11.3 Å². The molecule has 110 valence electrons. The lowest BCUT2D eigenvalue weighted by Gasteiger charge is -2.33. The van der Waals surface area contributed by atoms with Crippen molar-refractivity contribution in [1.29, 1.82) is 0 Å². The number of thioether (sulfide) groups is 1. The van der Waals surface area contributed by atoms with Crippen molar-refractivity contribution in [3.05, 3.63) is 0 Å². The highest BCUT2D eigenvalue weighted by molar-refractivity contribution is 7.98. The van der Waals surface area contributed by atoms with E-state index in [0.29, 0.717) is 6.42 Å². The van der Waals surface area contributed by atoms with Crippen LogP contribution in [0.25, 0.3) is 0 Å². The third-order valence-electron chi connectivity index (χ3n) is 4.07. The standard InChI is InChI=1S/C14H24O4S/c1-17-12(15)14(13(16)18-2,9-6-10-19-3)11-7-4-5-8-11/h11H,4-10H2,1-3H3. The summed E-state index contributed by atoms with van der Waals surface area (Å²) >= 11 is 1.72. The number of carbonyl (C=O) groups is 2. The van der Waals surface area contributed by atoms with Crippen LogP contribution in [0.5, 0.6) is 0 Å². The van der Waals surface area contributed by atoms with Gasteiger partial charge in [0.25, 0.3) is 0 Å². The maximum absolute atomic E-state index is 12.3. The van der Waals surface area contributed by atoms with Crippen molar-refractivity contribution in [2.45, 2.75) is 38.5 Å². The molecule has 1 aliphatic carbocycles. The summed E-state index contributed by atoms with van der Waals surface area (Å²) < 4.78 is 9.87. The molecule has 0 spiro atoms. The highest BCUT2D eigenvalue weighted by atomic mass is 32.2. The molecule has 0 amide bonds. The second-order valence-corrected chi connectivity index (χ2v) is 6.02. The highest BCUT2D eigenvalue weighted by Crippen LogP contribution is 2.45. The Balaban J connectivity index is 3.00. The van der Waals surface area contributed by atoms with Crippen molar-refractivity contribution in [1.82, 2.24) is 0 Å². The van der Waals surface area contributed by atoms with Crippen LogP contribution < -0.4 is 0 Å². The Kier molecular flexibility index (Phi) is 6.69. The summed E-state index contributed by atoms with van der Waals surface area (Å²) in [6, 6.07) is 0. The van der Waals surface area contributed by atoms with Gasteiger partial charge < -0.3 is 9.47 Å². The Labute approximate surface area is 119 Å². The molecule has 4 nitrogen and oxygen atoms in total. The Morgan fingerprint density at radius 3 is 2.11 bits per heavy atom. The minimum atomic E-state index is -1.09. The molecule has 0 N–H and O–H groups in total. The van der Waals surface area contributed by atoms with E-state index in [1.54, 1.807) is 11.8 Å². The fraction of sp³-hybridized carbons (Fsp3) is 0.857. The summed E-state index contributed by atoms with van der Waals surface area (Å²) in [7, 11) is 2.70. The van der Waals surface area contributed by atoms with Crippen molar-refractivity contribution >= 4 is 23.7 Å². The van der Waals surface area contributed by atoms with Crippen LogP contribution in [-0.4, -0.2) is 38.2 Å².